The lowest BCUT2D eigenvalue weighted by Crippen LogP contribution is -2.11. The Morgan fingerprint density at radius 3 is 2.88 bits per heavy atom. The normalized spacial score (nSPS) is 10.8. The van der Waals surface area contributed by atoms with Crippen molar-refractivity contribution in [3.63, 3.8) is 0 Å². The van der Waals surface area contributed by atoms with Gasteiger partial charge in [0.05, 0.1) is 5.52 Å². The summed E-state index contributed by atoms with van der Waals surface area (Å²) in [5.41, 5.74) is 0.689. The van der Waals surface area contributed by atoms with Gasteiger partial charge in [0.25, 0.3) is 0 Å². The van der Waals surface area contributed by atoms with E-state index in [1.807, 2.05) is 18.2 Å². The molecule has 0 aliphatic heterocycles. The summed E-state index contributed by atoms with van der Waals surface area (Å²) in [4.78, 5) is 17.8. The van der Waals surface area contributed by atoms with Gasteiger partial charge in [0.2, 0.25) is 5.82 Å². The first-order valence-corrected chi connectivity index (χ1v) is 4.57. The van der Waals surface area contributed by atoms with Crippen molar-refractivity contribution >= 4 is 10.9 Å². The van der Waals surface area contributed by atoms with Gasteiger partial charge in [-0.1, -0.05) is 18.2 Å². The number of H-pyrrole nitrogens is 2. The van der Waals surface area contributed by atoms with Crippen LogP contribution in [0.25, 0.3) is 22.4 Å². The molecule has 0 atom stereocenters. The molecule has 0 bridgehead atoms. The fourth-order valence-electron chi connectivity index (χ4n) is 1.54. The highest BCUT2D eigenvalue weighted by atomic mass is 16.1. The van der Waals surface area contributed by atoms with Crippen LogP contribution in [0.5, 0.6) is 0 Å². The minimum atomic E-state index is -0.432. The zero-order valence-corrected chi connectivity index (χ0v) is 8.01. The number of nitrogens with zero attached hydrogens (tertiary/aromatic N) is 4. The maximum Gasteiger partial charge on any atom is 0.346 e. The highest BCUT2D eigenvalue weighted by Gasteiger charge is 2.10. The average Bonchev–Trinajstić information content (AvgIpc) is 2.81. The van der Waals surface area contributed by atoms with Crippen molar-refractivity contribution in [3.05, 3.63) is 34.7 Å². The number of nitrogens with one attached hydrogen (secondary N) is 2. The molecule has 0 spiro atoms. The third kappa shape index (κ3) is 1.26. The van der Waals surface area contributed by atoms with E-state index in [1.165, 1.54) is 0 Å². The van der Waals surface area contributed by atoms with Gasteiger partial charge >= 0.3 is 5.69 Å². The van der Waals surface area contributed by atoms with Crippen LogP contribution >= 0.6 is 0 Å². The quantitative estimate of drug-likeness (QED) is 0.598. The molecule has 3 aromatic rings. The Labute approximate surface area is 88.5 Å². The third-order valence-corrected chi connectivity index (χ3v) is 2.19. The zero-order chi connectivity index (χ0) is 11.0. The summed E-state index contributed by atoms with van der Waals surface area (Å²) >= 11 is 0. The average molecular weight is 214 g/mol. The number of fused-ring (bicyclic) bond motifs is 1. The van der Waals surface area contributed by atoms with Crippen LogP contribution in [0.3, 0.4) is 0 Å². The van der Waals surface area contributed by atoms with E-state index in [4.69, 9.17) is 0 Å². The number of aromatic amines is 2. The molecule has 7 nitrogen and oxygen atoms in total. The number of benzene rings is 1. The van der Waals surface area contributed by atoms with Crippen LogP contribution in [0, 0.1) is 0 Å². The Kier molecular flexibility index (Phi) is 1.76. The standard InChI is InChI=1S/C9H6N6O/c16-9-10-6-4-2-1-3-5(6)7(11-9)8-12-14-15-13-8/h1-4H,(H,10,11,16)(H,12,13,14,15). The maximum atomic E-state index is 11.3. The summed E-state index contributed by atoms with van der Waals surface area (Å²) in [5.74, 6) is 0.308. The molecule has 0 unspecified atom stereocenters. The number of tetrazole rings is 1. The summed E-state index contributed by atoms with van der Waals surface area (Å²) in [5, 5.41) is 14.2. The second-order valence-corrected chi connectivity index (χ2v) is 3.17. The van der Waals surface area contributed by atoms with E-state index < -0.39 is 5.69 Å². The maximum absolute atomic E-state index is 11.3. The fourth-order valence-corrected chi connectivity index (χ4v) is 1.54. The molecule has 0 aliphatic carbocycles. The molecule has 7 heteroatoms. The van der Waals surface area contributed by atoms with Gasteiger partial charge in [0.15, 0.2) is 0 Å². The molecule has 2 N–H and O–H groups in total. The van der Waals surface area contributed by atoms with Gasteiger partial charge in [-0.15, -0.1) is 10.2 Å². The van der Waals surface area contributed by atoms with E-state index in [2.05, 4.69) is 30.6 Å². The topological polar surface area (TPSA) is 100 Å². The molecule has 0 saturated carbocycles. The van der Waals surface area contributed by atoms with E-state index in [9.17, 15) is 4.79 Å². The number of aromatic nitrogens is 6. The number of para-hydroxylation sites is 1. The van der Waals surface area contributed by atoms with Gasteiger partial charge < -0.3 is 4.98 Å². The minimum Gasteiger partial charge on any atom is -0.305 e. The van der Waals surface area contributed by atoms with E-state index in [0.717, 1.165) is 5.39 Å². The Balaban J connectivity index is 2.44. The van der Waals surface area contributed by atoms with Crippen molar-refractivity contribution in [1.82, 2.24) is 30.6 Å². The SMILES string of the molecule is O=c1nc(-c2nn[nH]n2)c2ccccc2[nH]1. The second-order valence-electron chi connectivity index (χ2n) is 3.17. The fraction of sp³-hybridized carbons (Fsp3) is 0. The number of hydrogen-bond acceptors (Lipinski definition) is 5. The smallest absolute Gasteiger partial charge is 0.305 e. The largest absolute Gasteiger partial charge is 0.346 e. The van der Waals surface area contributed by atoms with E-state index >= 15 is 0 Å². The van der Waals surface area contributed by atoms with Crippen LogP contribution in [-0.2, 0) is 0 Å². The molecule has 3 rings (SSSR count). The Bertz CT molecular complexity index is 687. The van der Waals surface area contributed by atoms with Crippen molar-refractivity contribution in [2.45, 2.75) is 0 Å². The van der Waals surface area contributed by atoms with Crippen LogP contribution in [0.4, 0.5) is 0 Å². The summed E-state index contributed by atoms with van der Waals surface area (Å²) in [7, 11) is 0. The van der Waals surface area contributed by atoms with E-state index in [-0.39, 0.29) is 0 Å². The predicted molar refractivity (Wildman–Crippen MR) is 55.5 cm³/mol. The molecule has 0 fully saturated rings. The second kappa shape index (κ2) is 3.23. The lowest BCUT2D eigenvalue weighted by molar-refractivity contribution is 0.881. The molecule has 0 aliphatic rings. The zero-order valence-electron chi connectivity index (χ0n) is 8.01. The molecule has 1 aromatic carbocycles. The van der Waals surface area contributed by atoms with Gasteiger partial charge in [-0.05, 0) is 11.3 Å². The van der Waals surface area contributed by atoms with Crippen molar-refractivity contribution < 1.29 is 0 Å². The first-order valence-electron chi connectivity index (χ1n) is 4.57. The van der Waals surface area contributed by atoms with Gasteiger partial charge in [-0.2, -0.15) is 10.2 Å². The monoisotopic (exact) mass is 214 g/mol. The van der Waals surface area contributed by atoms with Crippen LogP contribution in [0.15, 0.2) is 29.1 Å². The lowest BCUT2D eigenvalue weighted by Gasteiger charge is -1.99. The lowest BCUT2D eigenvalue weighted by atomic mass is 10.2. The summed E-state index contributed by atoms with van der Waals surface area (Å²) in [6, 6.07) is 7.32. The minimum absolute atomic E-state index is 0.308. The van der Waals surface area contributed by atoms with Crippen molar-refractivity contribution in [3.8, 4) is 11.5 Å². The van der Waals surface area contributed by atoms with Gasteiger partial charge in [0.1, 0.15) is 5.69 Å². The van der Waals surface area contributed by atoms with E-state index in [0.29, 0.717) is 17.0 Å². The van der Waals surface area contributed by atoms with Crippen molar-refractivity contribution in [2.24, 2.45) is 0 Å². The Morgan fingerprint density at radius 2 is 2.06 bits per heavy atom. The molecule has 2 aromatic heterocycles. The summed E-state index contributed by atoms with van der Waals surface area (Å²) in [6.07, 6.45) is 0. The van der Waals surface area contributed by atoms with Crippen LogP contribution in [0.2, 0.25) is 0 Å². The Hall–Kier alpha value is -2.57. The molecule has 78 valence electrons. The molecule has 16 heavy (non-hydrogen) atoms. The summed E-state index contributed by atoms with van der Waals surface area (Å²) in [6.45, 7) is 0. The highest BCUT2D eigenvalue weighted by molar-refractivity contribution is 5.89. The first kappa shape index (κ1) is 8.72. The third-order valence-electron chi connectivity index (χ3n) is 2.19. The van der Waals surface area contributed by atoms with Crippen LogP contribution in [0.1, 0.15) is 0 Å². The molecule has 2 heterocycles. The highest BCUT2D eigenvalue weighted by Crippen LogP contribution is 2.19. The van der Waals surface area contributed by atoms with Crippen molar-refractivity contribution in [2.75, 3.05) is 0 Å². The molecule has 0 radical (unpaired) electrons. The van der Waals surface area contributed by atoms with Gasteiger partial charge in [-0.3, -0.25) is 0 Å². The van der Waals surface area contributed by atoms with E-state index in [1.54, 1.807) is 6.07 Å². The molecule has 0 saturated heterocycles. The van der Waals surface area contributed by atoms with Gasteiger partial charge in [-0.25, -0.2) is 4.79 Å². The van der Waals surface area contributed by atoms with Crippen LogP contribution in [-0.4, -0.2) is 30.6 Å². The predicted octanol–water partition coefficient (Wildman–Crippen LogP) is 0.103. The number of hydrogen-bond donors (Lipinski definition) is 2. The van der Waals surface area contributed by atoms with Gasteiger partial charge in [0, 0.05) is 5.39 Å². The molecular weight excluding hydrogens is 208 g/mol. The Morgan fingerprint density at radius 1 is 1.19 bits per heavy atom. The van der Waals surface area contributed by atoms with Crippen molar-refractivity contribution in [1.29, 1.82) is 0 Å². The first-order chi connectivity index (χ1) is 7.84. The number of rotatable bonds is 1. The molecular formula is C9H6N6O. The molecule has 0 amide bonds. The van der Waals surface area contributed by atoms with Crippen LogP contribution < -0.4 is 5.69 Å². The summed E-state index contributed by atoms with van der Waals surface area (Å²) < 4.78 is 0.